The zero-order chi connectivity index (χ0) is 12.4. The molecule has 1 fully saturated rings. The maximum absolute atomic E-state index is 5.71. The molecule has 1 saturated heterocycles. The summed E-state index contributed by atoms with van der Waals surface area (Å²) in [7, 11) is 0. The highest BCUT2D eigenvalue weighted by atomic mass is 16.5. The molecular formula is C13H18N4O. The van der Waals surface area contributed by atoms with Gasteiger partial charge in [0, 0.05) is 37.9 Å². The maximum atomic E-state index is 5.71. The van der Waals surface area contributed by atoms with E-state index < -0.39 is 0 Å². The maximum Gasteiger partial charge on any atom is 0.160 e. The molecule has 3 heterocycles. The Morgan fingerprint density at radius 1 is 1.39 bits per heavy atom. The van der Waals surface area contributed by atoms with E-state index in [0.717, 1.165) is 49.5 Å². The highest BCUT2D eigenvalue weighted by Gasteiger charge is 2.17. The van der Waals surface area contributed by atoms with Crippen LogP contribution in [0.1, 0.15) is 24.2 Å². The summed E-state index contributed by atoms with van der Waals surface area (Å²) in [5.41, 5.74) is 7.65. The van der Waals surface area contributed by atoms with Crippen molar-refractivity contribution in [3.05, 3.63) is 29.7 Å². The minimum absolute atomic E-state index is 0.500. The second-order valence-corrected chi connectivity index (χ2v) is 4.79. The molecule has 2 aromatic rings. The number of fused-ring (bicyclic) bond motifs is 1. The van der Waals surface area contributed by atoms with Crippen molar-refractivity contribution in [2.24, 2.45) is 11.7 Å². The zero-order valence-electron chi connectivity index (χ0n) is 10.4. The number of nitrogens with zero attached hydrogens (tertiary/aromatic N) is 3. The number of hydrogen-bond donors (Lipinski definition) is 1. The van der Waals surface area contributed by atoms with Crippen LogP contribution in [0.5, 0.6) is 0 Å². The van der Waals surface area contributed by atoms with Gasteiger partial charge in [-0.2, -0.15) is 5.10 Å². The Labute approximate surface area is 106 Å². The van der Waals surface area contributed by atoms with E-state index >= 15 is 0 Å². The molecule has 2 N–H and O–H groups in total. The summed E-state index contributed by atoms with van der Waals surface area (Å²) in [6.07, 6.45) is 5.09. The predicted molar refractivity (Wildman–Crippen MR) is 68.1 cm³/mol. The lowest BCUT2D eigenvalue weighted by Crippen LogP contribution is -2.18. The Balaban J connectivity index is 1.84. The van der Waals surface area contributed by atoms with Gasteiger partial charge in [-0.1, -0.05) is 6.07 Å². The van der Waals surface area contributed by atoms with Gasteiger partial charge in [0.2, 0.25) is 0 Å². The Morgan fingerprint density at radius 3 is 3.00 bits per heavy atom. The zero-order valence-corrected chi connectivity index (χ0v) is 10.4. The van der Waals surface area contributed by atoms with Crippen molar-refractivity contribution in [3.8, 4) is 0 Å². The third-order valence-corrected chi connectivity index (χ3v) is 3.52. The van der Waals surface area contributed by atoms with Gasteiger partial charge in [0.05, 0.1) is 0 Å². The highest BCUT2D eigenvalue weighted by molar-refractivity contribution is 5.46. The van der Waals surface area contributed by atoms with Crippen LogP contribution in [0.25, 0.3) is 5.65 Å². The first-order chi connectivity index (χ1) is 8.86. The Kier molecular flexibility index (Phi) is 3.25. The number of ether oxygens (including phenoxy) is 1. The van der Waals surface area contributed by atoms with Crippen LogP contribution in [0.3, 0.4) is 0 Å². The van der Waals surface area contributed by atoms with Gasteiger partial charge in [0.1, 0.15) is 0 Å². The van der Waals surface area contributed by atoms with Crippen LogP contribution in [0.2, 0.25) is 0 Å². The first-order valence-corrected chi connectivity index (χ1v) is 6.48. The monoisotopic (exact) mass is 246 g/mol. The van der Waals surface area contributed by atoms with Gasteiger partial charge >= 0.3 is 0 Å². The Morgan fingerprint density at radius 2 is 2.22 bits per heavy atom. The van der Waals surface area contributed by atoms with Crippen molar-refractivity contribution in [3.63, 3.8) is 0 Å². The predicted octanol–water partition coefficient (Wildman–Crippen LogP) is 1.16. The van der Waals surface area contributed by atoms with E-state index in [2.05, 4.69) is 10.1 Å². The van der Waals surface area contributed by atoms with Gasteiger partial charge < -0.3 is 10.5 Å². The summed E-state index contributed by atoms with van der Waals surface area (Å²) < 4.78 is 7.20. The third kappa shape index (κ3) is 2.23. The fourth-order valence-electron chi connectivity index (χ4n) is 2.46. The molecule has 1 aliphatic rings. The molecule has 0 unspecified atom stereocenters. The van der Waals surface area contributed by atoms with E-state index in [1.165, 1.54) is 0 Å². The molecule has 18 heavy (non-hydrogen) atoms. The van der Waals surface area contributed by atoms with Gasteiger partial charge in [-0.3, -0.25) is 0 Å². The summed E-state index contributed by atoms with van der Waals surface area (Å²) in [4.78, 5) is 4.61. The largest absolute Gasteiger partial charge is 0.381 e. The van der Waals surface area contributed by atoms with Gasteiger partial charge in [-0.25, -0.2) is 9.50 Å². The number of rotatable bonds is 3. The molecule has 0 atom stereocenters. The van der Waals surface area contributed by atoms with Crippen molar-refractivity contribution in [2.75, 3.05) is 13.2 Å². The smallest absolute Gasteiger partial charge is 0.160 e. The normalized spacial score (nSPS) is 17.4. The van der Waals surface area contributed by atoms with Crippen LogP contribution in [0, 0.1) is 5.92 Å². The van der Waals surface area contributed by atoms with Gasteiger partial charge in [0.15, 0.2) is 11.5 Å². The molecule has 0 spiro atoms. The SMILES string of the molecule is NCc1cccn2nc(CC3CCOCC3)nc12. The van der Waals surface area contributed by atoms with Crippen LogP contribution in [0.15, 0.2) is 18.3 Å². The molecular weight excluding hydrogens is 228 g/mol. The molecule has 5 heteroatoms. The minimum atomic E-state index is 0.500. The molecule has 2 aromatic heterocycles. The average Bonchev–Trinajstić information content (AvgIpc) is 2.82. The van der Waals surface area contributed by atoms with Crippen molar-refractivity contribution in [1.29, 1.82) is 0 Å². The summed E-state index contributed by atoms with van der Waals surface area (Å²) in [5, 5.41) is 4.52. The van der Waals surface area contributed by atoms with E-state index in [1.54, 1.807) is 0 Å². The third-order valence-electron chi connectivity index (χ3n) is 3.52. The minimum Gasteiger partial charge on any atom is -0.381 e. The first-order valence-electron chi connectivity index (χ1n) is 6.48. The van der Waals surface area contributed by atoms with E-state index in [-0.39, 0.29) is 0 Å². The summed E-state index contributed by atoms with van der Waals surface area (Å²) in [6, 6.07) is 3.96. The lowest BCUT2D eigenvalue weighted by Gasteiger charge is -2.20. The number of aromatic nitrogens is 3. The Hall–Kier alpha value is -1.46. The Bertz CT molecular complexity index is 531. The van der Waals surface area contributed by atoms with E-state index in [1.807, 2.05) is 22.8 Å². The molecule has 5 nitrogen and oxygen atoms in total. The highest BCUT2D eigenvalue weighted by Crippen LogP contribution is 2.19. The first kappa shape index (κ1) is 11.6. The molecule has 0 aromatic carbocycles. The lowest BCUT2D eigenvalue weighted by atomic mass is 9.96. The molecule has 0 saturated carbocycles. The van der Waals surface area contributed by atoms with Crippen LogP contribution >= 0.6 is 0 Å². The molecule has 0 bridgehead atoms. The van der Waals surface area contributed by atoms with Crippen LogP contribution in [-0.2, 0) is 17.7 Å². The van der Waals surface area contributed by atoms with Crippen molar-refractivity contribution in [2.45, 2.75) is 25.8 Å². The second kappa shape index (κ2) is 5.04. The van der Waals surface area contributed by atoms with Gasteiger partial charge in [-0.05, 0) is 24.8 Å². The standard InChI is InChI=1S/C13H18N4O/c14-9-11-2-1-5-17-13(11)15-12(16-17)8-10-3-6-18-7-4-10/h1-2,5,10H,3-4,6-9,14H2. The molecule has 0 aliphatic carbocycles. The van der Waals surface area contributed by atoms with E-state index in [0.29, 0.717) is 12.5 Å². The molecule has 3 rings (SSSR count). The molecule has 1 aliphatic heterocycles. The number of nitrogens with two attached hydrogens (primary N) is 1. The molecule has 96 valence electrons. The molecule has 0 radical (unpaired) electrons. The summed E-state index contributed by atoms with van der Waals surface area (Å²) in [5.74, 6) is 1.57. The van der Waals surface area contributed by atoms with Crippen LogP contribution < -0.4 is 5.73 Å². The fraction of sp³-hybridized carbons (Fsp3) is 0.538. The quantitative estimate of drug-likeness (QED) is 0.882. The number of hydrogen-bond acceptors (Lipinski definition) is 4. The topological polar surface area (TPSA) is 65.4 Å². The average molecular weight is 246 g/mol. The lowest BCUT2D eigenvalue weighted by molar-refractivity contribution is 0.0660. The van der Waals surface area contributed by atoms with Crippen LogP contribution in [-0.4, -0.2) is 27.8 Å². The summed E-state index contributed by atoms with van der Waals surface area (Å²) in [6.45, 7) is 2.23. The van der Waals surface area contributed by atoms with E-state index in [4.69, 9.17) is 10.5 Å². The van der Waals surface area contributed by atoms with Gasteiger partial charge in [0.25, 0.3) is 0 Å². The van der Waals surface area contributed by atoms with Gasteiger partial charge in [-0.15, -0.1) is 0 Å². The summed E-state index contributed by atoms with van der Waals surface area (Å²) >= 11 is 0. The molecule has 0 amide bonds. The fourth-order valence-corrected chi connectivity index (χ4v) is 2.46. The van der Waals surface area contributed by atoms with Crippen molar-refractivity contribution in [1.82, 2.24) is 14.6 Å². The van der Waals surface area contributed by atoms with Crippen LogP contribution in [0.4, 0.5) is 0 Å². The van der Waals surface area contributed by atoms with E-state index in [9.17, 15) is 0 Å². The van der Waals surface area contributed by atoms with Crippen molar-refractivity contribution >= 4 is 5.65 Å². The number of pyridine rings is 1. The van der Waals surface area contributed by atoms with Crippen molar-refractivity contribution < 1.29 is 4.74 Å². The second-order valence-electron chi connectivity index (χ2n) is 4.79.